The van der Waals surface area contributed by atoms with Crippen LogP contribution in [0.15, 0.2) is 54.9 Å². The van der Waals surface area contributed by atoms with E-state index in [9.17, 15) is 4.79 Å². The van der Waals surface area contributed by atoms with Crippen LogP contribution in [-0.2, 0) is 22.6 Å². The summed E-state index contributed by atoms with van der Waals surface area (Å²) < 4.78 is 5.46. The summed E-state index contributed by atoms with van der Waals surface area (Å²) in [6.07, 6.45) is 5.43. The van der Waals surface area contributed by atoms with E-state index in [0.717, 1.165) is 31.5 Å². The Bertz CT molecular complexity index is 678. The molecule has 1 N–H and O–H groups in total. The van der Waals surface area contributed by atoms with Crippen molar-refractivity contribution in [1.29, 1.82) is 0 Å². The molecule has 2 heterocycles. The van der Waals surface area contributed by atoms with Crippen LogP contribution in [-0.4, -0.2) is 42.1 Å². The fourth-order valence-electron chi connectivity index (χ4n) is 3.66. The summed E-state index contributed by atoms with van der Waals surface area (Å²) in [6, 6.07) is 14.4. The van der Waals surface area contributed by atoms with Crippen LogP contribution in [0, 0.1) is 5.92 Å². The molecule has 0 saturated carbocycles. The van der Waals surface area contributed by atoms with Crippen molar-refractivity contribution in [3.8, 4) is 0 Å². The zero-order chi connectivity index (χ0) is 18.2. The third-order valence-corrected chi connectivity index (χ3v) is 5.01. The first-order chi connectivity index (χ1) is 12.8. The Balaban J connectivity index is 1.65. The van der Waals surface area contributed by atoms with Crippen LogP contribution >= 0.6 is 0 Å². The Morgan fingerprint density at radius 1 is 1.19 bits per heavy atom. The van der Waals surface area contributed by atoms with Crippen molar-refractivity contribution in [2.45, 2.75) is 32.0 Å². The molecule has 0 bridgehead atoms. The van der Waals surface area contributed by atoms with Gasteiger partial charge < -0.3 is 10.1 Å². The van der Waals surface area contributed by atoms with Gasteiger partial charge in [0.15, 0.2) is 0 Å². The summed E-state index contributed by atoms with van der Waals surface area (Å²) >= 11 is 0. The average molecular weight is 353 g/mol. The molecule has 3 rings (SSSR count). The lowest BCUT2D eigenvalue weighted by Gasteiger charge is -2.40. The number of likely N-dealkylation sites (tertiary alicyclic amines) is 1. The maximum Gasteiger partial charge on any atom is 0.225 e. The van der Waals surface area contributed by atoms with E-state index in [1.807, 2.05) is 18.2 Å². The predicted octanol–water partition coefficient (Wildman–Crippen LogP) is 2.62. The van der Waals surface area contributed by atoms with Crippen LogP contribution in [0.3, 0.4) is 0 Å². The van der Waals surface area contributed by atoms with Crippen molar-refractivity contribution in [3.05, 3.63) is 66.0 Å². The lowest BCUT2D eigenvalue weighted by molar-refractivity contribution is -0.130. The molecule has 1 aliphatic rings. The maximum absolute atomic E-state index is 12.8. The van der Waals surface area contributed by atoms with Gasteiger partial charge in [0.1, 0.15) is 0 Å². The number of aromatic nitrogens is 1. The van der Waals surface area contributed by atoms with Gasteiger partial charge >= 0.3 is 0 Å². The summed E-state index contributed by atoms with van der Waals surface area (Å²) in [7, 11) is 1.71. The van der Waals surface area contributed by atoms with Gasteiger partial charge in [-0.2, -0.15) is 0 Å². The van der Waals surface area contributed by atoms with Crippen LogP contribution in [0.2, 0.25) is 0 Å². The molecule has 2 atom stereocenters. The summed E-state index contributed by atoms with van der Waals surface area (Å²) in [6.45, 7) is 2.95. The van der Waals surface area contributed by atoms with Gasteiger partial charge in [0, 0.05) is 38.6 Å². The van der Waals surface area contributed by atoms with Gasteiger partial charge in [-0.25, -0.2) is 0 Å². The molecular weight excluding hydrogens is 326 g/mol. The Morgan fingerprint density at radius 3 is 2.69 bits per heavy atom. The molecule has 1 amide bonds. The number of rotatable bonds is 7. The third-order valence-electron chi connectivity index (χ3n) is 5.01. The number of amides is 1. The van der Waals surface area contributed by atoms with Crippen molar-refractivity contribution in [2.24, 2.45) is 5.92 Å². The van der Waals surface area contributed by atoms with E-state index in [1.54, 1.807) is 19.5 Å². The quantitative estimate of drug-likeness (QED) is 0.831. The van der Waals surface area contributed by atoms with Crippen LogP contribution in [0.1, 0.15) is 24.0 Å². The second kappa shape index (κ2) is 9.46. The second-order valence-corrected chi connectivity index (χ2v) is 6.80. The molecule has 1 saturated heterocycles. The maximum atomic E-state index is 12.8. The first-order valence-electron chi connectivity index (χ1n) is 9.21. The number of hydrogen-bond donors (Lipinski definition) is 1. The minimum Gasteiger partial charge on any atom is -0.383 e. The number of benzene rings is 1. The lowest BCUT2D eigenvalue weighted by Crippen LogP contribution is -2.52. The fraction of sp³-hybridized carbons (Fsp3) is 0.429. The molecule has 1 fully saturated rings. The Hall–Kier alpha value is -2.24. The molecule has 26 heavy (non-hydrogen) atoms. The molecule has 1 aromatic heterocycles. The normalized spacial score (nSPS) is 20.7. The summed E-state index contributed by atoms with van der Waals surface area (Å²) in [5, 5.41) is 3.09. The van der Waals surface area contributed by atoms with E-state index in [2.05, 4.69) is 39.5 Å². The van der Waals surface area contributed by atoms with E-state index in [0.29, 0.717) is 13.2 Å². The van der Waals surface area contributed by atoms with Crippen molar-refractivity contribution in [2.75, 3.05) is 20.3 Å². The molecule has 0 aliphatic carbocycles. The van der Waals surface area contributed by atoms with E-state index >= 15 is 0 Å². The predicted molar refractivity (Wildman–Crippen MR) is 101 cm³/mol. The van der Waals surface area contributed by atoms with Crippen LogP contribution in [0.5, 0.6) is 0 Å². The van der Waals surface area contributed by atoms with Gasteiger partial charge in [0.25, 0.3) is 0 Å². The Morgan fingerprint density at radius 2 is 1.96 bits per heavy atom. The number of pyridine rings is 1. The van der Waals surface area contributed by atoms with E-state index in [-0.39, 0.29) is 17.9 Å². The fourth-order valence-corrected chi connectivity index (χ4v) is 3.66. The molecule has 2 aromatic rings. The number of nitrogens with one attached hydrogen (secondary N) is 1. The lowest BCUT2D eigenvalue weighted by atomic mass is 9.88. The van der Waals surface area contributed by atoms with Crippen LogP contribution in [0.4, 0.5) is 0 Å². The molecule has 138 valence electrons. The third kappa shape index (κ3) is 4.90. The van der Waals surface area contributed by atoms with Gasteiger partial charge in [-0.3, -0.25) is 14.7 Å². The van der Waals surface area contributed by atoms with E-state index < -0.39 is 0 Å². The molecule has 2 unspecified atom stereocenters. The van der Waals surface area contributed by atoms with Crippen molar-refractivity contribution >= 4 is 5.91 Å². The van der Waals surface area contributed by atoms with Crippen LogP contribution < -0.4 is 5.32 Å². The second-order valence-electron chi connectivity index (χ2n) is 6.80. The first kappa shape index (κ1) is 18.5. The van der Waals surface area contributed by atoms with Crippen molar-refractivity contribution in [3.63, 3.8) is 0 Å². The average Bonchev–Trinajstić information content (AvgIpc) is 2.69. The smallest absolute Gasteiger partial charge is 0.225 e. The van der Waals surface area contributed by atoms with Crippen LogP contribution in [0.25, 0.3) is 0 Å². The summed E-state index contributed by atoms with van der Waals surface area (Å²) in [5.41, 5.74) is 2.33. The number of nitrogens with zero attached hydrogens (tertiary/aromatic N) is 2. The molecule has 0 spiro atoms. The molecule has 0 radical (unpaired) electrons. The highest BCUT2D eigenvalue weighted by molar-refractivity contribution is 5.79. The topological polar surface area (TPSA) is 54.5 Å². The van der Waals surface area contributed by atoms with Gasteiger partial charge in [-0.1, -0.05) is 30.3 Å². The highest BCUT2D eigenvalue weighted by Gasteiger charge is 2.35. The van der Waals surface area contributed by atoms with Gasteiger partial charge in [0.2, 0.25) is 5.91 Å². The standard InChI is InChI=1S/C21H27N3O2/c1-26-16-20-19(21(25)23-14-17-9-11-22-12-10-17)8-5-13-24(20)15-18-6-3-2-4-7-18/h2-4,6-7,9-12,19-20H,5,8,13-16H2,1H3,(H,23,25). The number of carbonyl (C=O) groups excluding carboxylic acids is 1. The number of ether oxygens (including phenoxy) is 1. The molecule has 1 aliphatic heterocycles. The van der Waals surface area contributed by atoms with Gasteiger partial charge in [0.05, 0.1) is 12.5 Å². The van der Waals surface area contributed by atoms with Gasteiger partial charge in [-0.05, 0) is 42.6 Å². The molecule has 5 heteroatoms. The van der Waals surface area contributed by atoms with Crippen molar-refractivity contribution in [1.82, 2.24) is 15.2 Å². The first-order valence-corrected chi connectivity index (χ1v) is 9.21. The number of methoxy groups -OCH3 is 1. The zero-order valence-electron chi connectivity index (χ0n) is 15.3. The summed E-state index contributed by atoms with van der Waals surface area (Å²) in [4.78, 5) is 19.2. The Kier molecular flexibility index (Phi) is 6.75. The monoisotopic (exact) mass is 353 g/mol. The van der Waals surface area contributed by atoms with E-state index in [4.69, 9.17) is 4.74 Å². The highest BCUT2D eigenvalue weighted by atomic mass is 16.5. The zero-order valence-corrected chi connectivity index (χ0v) is 15.3. The number of hydrogen-bond acceptors (Lipinski definition) is 4. The van der Waals surface area contributed by atoms with E-state index in [1.165, 1.54) is 5.56 Å². The summed E-state index contributed by atoms with van der Waals surface area (Å²) in [5.74, 6) is 0.0656. The largest absolute Gasteiger partial charge is 0.383 e. The number of carbonyl (C=O) groups is 1. The minimum absolute atomic E-state index is 0.0470. The van der Waals surface area contributed by atoms with Crippen molar-refractivity contribution < 1.29 is 9.53 Å². The molecule has 1 aromatic carbocycles. The Labute approximate surface area is 155 Å². The SMILES string of the molecule is COCC1C(C(=O)NCc2ccncc2)CCCN1Cc1ccccc1. The highest BCUT2D eigenvalue weighted by Crippen LogP contribution is 2.26. The molecule has 5 nitrogen and oxygen atoms in total. The molecular formula is C21H27N3O2. The van der Waals surface area contributed by atoms with Gasteiger partial charge in [-0.15, -0.1) is 0 Å². The number of piperidine rings is 1. The minimum atomic E-state index is -0.0470.